The van der Waals surface area contributed by atoms with E-state index < -0.39 is 7.60 Å². The van der Waals surface area contributed by atoms with Crippen molar-refractivity contribution in [2.45, 2.75) is 6.92 Å². The van der Waals surface area contributed by atoms with Crippen LogP contribution in [0.25, 0.3) is 0 Å². The van der Waals surface area contributed by atoms with E-state index in [-0.39, 0.29) is 12.8 Å². The number of rotatable bonds is 4. The zero-order valence-corrected chi connectivity index (χ0v) is 6.27. The summed E-state index contributed by atoms with van der Waals surface area (Å²) < 4.78 is 15.0. The Morgan fingerprint density at radius 2 is 2.44 bits per heavy atom. The van der Waals surface area contributed by atoms with Crippen molar-refractivity contribution in [3.63, 3.8) is 0 Å². The molecule has 0 N–H and O–H groups in total. The Bertz CT molecular complexity index is 132. The summed E-state index contributed by atoms with van der Waals surface area (Å²) in [6, 6.07) is 0. The van der Waals surface area contributed by atoms with Crippen LogP contribution >= 0.6 is 7.60 Å². The normalized spacial score (nSPS) is 16.7. The van der Waals surface area contributed by atoms with Crippen molar-refractivity contribution >= 4 is 7.60 Å². The van der Waals surface area contributed by atoms with Crippen molar-refractivity contribution in [2.24, 2.45) is 0 Å². The van der Waals surface area contributed by atoms with Gasteiger partial charge in [0.2, 0.25) is 0 Å². The maximum absolute atomic E-state index is 10.6. The minimum Gasteiger partial charge on any atom is -0.778 e. The van der Waals surface area contributed by atoms with E-state index in [0.717, 1.165) is 0 Å². The minimum atomic E-state index is -3.56. The summed E-state index contributed by atoms with van der Waals surface area (Å²) in [7, 11) is -3.56. The van der Waals surface area contributed by atoms with Gasteiger partial charge in [-0.15, -0.1) is 6.58 Å². The molecule has 0 heterocycles. The van der Waals surface area contributed by atoms with Gasteiger partial charge in [0.05, 0.1) is 6.61 Å². The molecule has 0 saturated carbocycles. The lowest BCUT2D eigenvalue weighted by molar-refractivity contribution is -0.197. The molecule has 0 aliphatic carbocycles. The Morgan fingerprint density at radius 1 is 1.89 bits per heavy atom. The van der Waals surface area contributed by atoms with Gasteiger partial charge in [0.1, 0.15) is 7.60 Å². The van der Waals surface area contributed by atoms with Crippen LogP contribution < -0.4 is 4.89 Å². The number of hydrogen-bond acceptors (Lipinski definition) is 3. The summed E-state index contributed by atoms with van der Waals surface area (Å²) in [5, 5.41) is 0. The lowest BCUT2D eigenvalue weighted by atomic mass is 10.8. The first kappa shape index (κ1) is 8.89. The van der Waals surface area contributed by atoms with Gasteiger partial charge in [-0.1, -0.05) is 6.08 Å². The molecule has 0 aliphatic heterocycles. The second kappa shape index (κ2) is 3.83. The summed E-state index contributed by atoms with van der Waals surface area (Å²) >= 11 is 0. The zero-order chi connectivity index (χ0) is 7.33. The molecule has 4 heteroatoms. The fourth-order valence-corrected chi connectivity index (χ4v) is 1.22. The lowest BCUT2D eigenvalue weighted by Crippen LogP contribution is -2.06. The van der Waals surface area contributed by atoms with Crippen molar-refractivity contribution in [2.75, 3.05) is 12.8 Å². The van der Waals surface area contributed by atoms with E-state index in [1.165, 1.54) is 6.08 Å². The third kappa shape index (κ3) is 4.40. The van der Waals surface area contributed by atoms with Crippen LogP contribution in [0.3, 0.4) is 0 Å². The molecule has 0 radical (unpaired) electrons. The average Bonchev–Trinajstić information content (AvgIpc) is 1.64. The monoisotopic (exact) mass is 149 g/mol. The molecule has 3 nitrogen and oxygen atoms in total. The largest absolute Gasteiger partial charge is 0.778 e. The van der Waals surface area contributed by atoms with Crippen LogP contribution in [0.15, 0.2) is 12.7 Å². The third-order valence-electron chi connectivity index (χ3n) is 0.679. The van der Waals surface area contributed by atoms with Crippen molar-refractivity contribution in [1.82, 2.24) is 0 Å². The highest BCUT2D eigenvalue weighted by Crippen LogP contribution is 2.35. The standard InChI is InChI=1S/C5H11O3P/c1-3-5-9(6,7)8-4-2/h3H,1,4-5H2,2H3,(H,6,7)/p-1. The van der Waals surface area contributed by atoms with Crippen molar-refractivity contribution < 1.29 is 14.0 Å². The van der Waals surface area contributed by atoms with Gasteiger partial charge in [-0.2, -0.15) is 0 Å². The van der Waals surface area contributed by atoms with Gasteiger partial charge in [0.25, 0.3) is 0 Å². The molecule has 0 fully saturated rings. The van der Waals surface area contributed by atoms with Gasteiger partial charge >= 0.3 is 0 Å². The van der Waals surface area contributed by atoms with Crippen molar-refractivity contribution in [3.05, 3.63) is 12.7 Å². The Balaban J connectivity index is 3.71. The van der Waals surface area contributed by atoms with Gasteiger partial charge in [-0.25, -0.2) is 0 Å². The number of allylic oxidation sites excluding steroid dienone is 1. The minimum absolute atomic E-state index is 0.0825. The maximum Gasteiger partial charge on any atom is 0.138 e. The van der Waals surface area contributed by atoms with Gasteiger partial charge in [-0.3, -0.25) is 0 Å². The molecule has 1 atom stereocenters. The van der Waals surface area contributed by atoms with E-state index in [9.17, 15) is 9.46 Å². The first-order valence-electron chi connectivity index (χ1n) is 2.68. The third-order valence-corrected chi connectivity index (χ3v) is 2.04. The van der Waals surface area contributed by atoms with E-state index in [4.69, 9.17) is 0 Å². The van der Waals surface area contributed by atoms with Crippen LogP contribution in [0, 0.1) is 0 Å². The predicted octanol–water partition coefficient (Wildman–Crippen LogP) is 0.762. The molecule has 0 aromatic rings. The Kier molecular flexibility index (Phi) is 3.78. The van der Waals surface area contributed by atoms with E-state index in [0.29, 0.717) is 0 Å². The molecule has 0 saturated heterocycles. The summed E-state index contributed by atoms with van der Waals surface area (Å²) in [5.41, 5.74) is 0. The molecular weight excluding hydrogens is 139 g/mol. The molecule has 9 heavy (non-hydrogen) atoms. The average molecular weight is 149 g/mol. The molecule has 0 spiro atoms. The molecule has 54 valence electrons. The predicted molar refractivity (Wildman–Crippen MR) is 34.3 cm³/mol. The van der Waals surface area contributed by atoms with Gasteiger partial charge in [0.15, 0.2) is 0 Å². The smallest absolute Gasteiger partial charge is 0.138 e. The highest BCUT2D eigenvalue weighted by Gasteiger charge is 2.01. The second-order valence-corrected chi connectivity index (χ2v) is 3.35. The van der Waals surface area contributed by atoms with Crippen LogP contribution in [0.2, 0.25) is 0 Å². The van der Waals surface area contributed by atoms with Gasteiger partial charge < -0.3 is 14.0 Å². The van der Waals surface area contributed by atoms with Crippen molar-refractivity contribution in [1.29, 1.82) is 0 Å². The molecule has 0 aromatic heterocycles. The highest BCUT2D eigenvalue weighted by molar-refractivity contribution is 7.51. The van der Waals surface area contributed by atoms with E-state index in [2.05, 4.69) is 11.1 Å². The molecule has 0 aromatic carbocycles. The first-order chi connectivity index (χ1) is 4.12. The second-order valence-electron chi connectivity index (χ2n) is 1.50. The molecular formula is C5H10O3P-. The summed E-state index contributed by atoms with van der Waals surface area (Å²) in [4.78, 5) is 10.6. The Labute approximate surface area is 54.9 Å². The number of hydrogen-bond donors (Lipinski definition) is 0. The lowest BCUT2D eigenvalue weighted by Gasteiger charge is -2.19. The quantitative estimate of drug-likeness (QED) is 0.438. The van der Waals surface area contributed by atoms with Gasteiger partial charge in [-0.05, 0) is 6.92 Å². The maximum atomic E-state index is 10.6. The molecule has 0 bridgehead atoms. The van der Waals surface area contributed by atoms with Crippen LogP contribution in [-0.4, -0.2) is 12.8 Å². The van der Waals surface area contributed by atoms with Crippen LogP contribution in [0.5, 0.6) is 0 Å². The highest BCUT2D eigenvalue weighted by atomic mass is 31.2. The SMILES string of the molecule is C=CCP(=O)([O-])OCC. The molecule has 0 rings (SSSR count). The Hall–Kier alpha value is -0.110. The molecule has 0 aliphatic rings. The van der Waals surface area contributed by atoms with E-state index in [1.807, 2.05) is 0 Å². The molecule has 0 amide bonds. The van der Waals surface area contributed by atoms with E-state index >= 15 is 0 Å². The van der Waals surface area contributed by atoms with Crippen molar-refractivity contribution in [3.8, 4) is 0 Å². The fourth-order valence-electron chi connectivity index (χ4n) is 0.408. The van der Waals surface area contributed by atoms with E-state index in [1.54, 1.807) is 6.92 Å². The first-order valence-corrected chi connectivity index (χ1v) is 4.40. The zero-order valence-electron chi connectivity index (χ0n) is 5.37. The summed E-state index contributed by atoms with van der Waals surface area (Å²) in [5.74, 6) is 0. The summed E-state index contributed by atoms with van der Waals surface area (Å²) in [6.07, 6.45) is 1.23. The Morgan fingerprint density at radius 3 is 2.78 bits per heavy atom. The molecule has 1 unspecified atom stereocenters. The summed E-state index contributed by atoms with van der Waals surface area (Å²) in [6.45, 7) is 5.11. The fraction of sp³-hybridized carbons (Fsp3) is 0.600. The van der Waals surface area contributed by atoms with Crippen LogP contribution in [0.1, 0.15) is 6.92 Å². The van der Waals surface area contributed by atoms with Crippen LogP contribution in [-0.2, 0) is 9.09 Å². The van der Waals surface area contributed by atoms with Crippen LogP contribution in [0.4, 0.5) is 0 Å². The topological polar surface area (TPSA) is 49.4 Å². The van der Waals surface area contributed by atoms with Gasteiger partial charge in [0, 0.05) is 6.16 Å².